The van der Waals surface area contributed by atoms with Gasteiger partial charge in [0, 0.05) is 42.6 Å². The van der Waals surface area contributed by atoms with Crippen molar-refractivity contribution in [3.8, 4) is 28.3 Å². The number of rotatable bonds is 10. The first-order valence-corrected chi connectivity index (χ1v) is 12.4. The summed E-state index contributed by atoms with van der Waals surface area (Å²) in [7, 11) is 0. The predicted molar refractivity (Wildman–Crippen MR) is 139 cm³/mol. The molecule has 184 valence electrons. The lowest BCUT2D eigenvalue weighted by atomic mass is 10.00. The van der Waals surface area contributed by atoms with Gasteiger partial charge in [-0.05, 0) is 52.9 Å². The van der Waals surface area contributed by atoms with Gasteiger partial charge in [-0.2, -0.15) is 5.21 Å². The number of hydrogen-bond donors (Lipinski definition) is 1. The third kappa shape index (κ3) is 4.64. The first-order valence-electron chi connectivity index (χ1n) is 12.4. The molecule has 0 radical (unpaired) electrons. The van der Waals surface area contributed by atoms with Crippen LogP contribution in [0.15, 0.2) is 72.0 Å². The van der Waals surface area contributed by atoms with Gasteiger partial charge in [0.15, 0.2) is 0 Å². The normalized spacial score (nSPS) is 11.3. The lowest BCUT2D eigenvalue weighted by Crippen LogP contribution is -2.26. The average molecular weight is 483 g/mol. The third-order valence-corrected chi connectivity index (χ3v) is 6.40. The second-order valence-corrected chi connectivity index (χ2v) is 8.87. The number of imidazole rings is 1. The summed E-state index contributed by atoms with van der Waals surface area (Å²) >= 11 is 0. The zero-order chi connectivity index (χ0) is 24.9. The van der Waals surface area contributed by atoms with E-state index in [4.69, 9.17) is 0 Å². The fraction of sp³-hybridized carbons (Fsp3) is 0.296. The second-order valence-electron chi connectivity index (χ2n) is 8.87. The predicted octanol–water partition coefficient (Wildman–Crippen LogP) is 4.48. The number of hydrogen-bond acceptors (Lipinski definition) is 5. The Bertz CT molecular complexity index is 1480. The minimum Gasteiger partial charge on any atom is -0.334 e. The van der Waals surface area contributed by atoms with Gasteiger partial charge in [0.05, 0.1) is 6.54 Å². The van der Waals surface area contributed by atoms with Crippen LogP contribution in [-0.4, -0.2) is 39.3 Å². The lowest BCUT2D eigenvalue weighted by Gasteiger charge is -2.12. The number of aromatic amines is 1. The number of pyridine rings is 1. The van der Waals surface area contributed by atoms with E-state index in [2.05, 4.69) is 44.0 Å². The molecule has 0 saturated carbocycles. The molecule has 0 amide bonds. The minimum absolute atomic E-state index is 0.0304. The molecule has 1 N–H and O–H groups in total. The van der Waals surface area contributed by atoms with Crippen LogP contribution in [0.4, 0.5) is 0 Å². The summed E-state index contributed by atoms with van der Waals surface area (Å²) in [5, 5.41) is 14.2. The number of nitrogens with one attached hydrogen (secondary N) is 1. The standard InChI is InChI=1S/C27H30N8O/c1-3-5-15-33-16-6-8-25(33)35-19-23(7-4-2)34(27(35)36)18-22-17-28-14-13-24(22)20-9-11-21(12-10-20)26-29-31-32-30-26/h6,8-14,16-17,19H,3-5,7,15,18H2,1-2H3,(H,29,30,31,32). The Balaban J connectivity index is 1.50. The van der Waals surface area contributed by atoms with E-state index in [-0.39, 0.29) is 5.69 Å². The summed E-state index contributed by atoms with van der Waals surface area (Å²) in [6, 6.07) is 14.0. The summed E-state index contributed by atoms with van der Waals surface area (Å²) in [6.07, 6.45) is 11.6. The van der Waals surface area contributed by atoms with Crippen LogP contribution in [0.2, 0.25) is 0 Å². The van der Waals surface area contributed by atoms with Crippen LogP contribution >= 0.6 is 0 Å². The molecule has 0 aliphatic rings. The fourth-order valence-electron chi connectivity index (χ4n) is 4.55. The quantitative estimate of drug-likeness (QED) is 0.316. The molecule has 4 heterocycles. The molecule has 5 rings (SSSR count). The maximum Gasteiger partial charge on any atom is 0.334 e. The van der Waals surface area contributed by atoms with Gasteiger partial charge in [-0.25, -0.2) is 4.79 Å². The van der Waals surface area contributed by atoms with E-state index < -0.39 is 0 Å². The van der Waals surface area contributed by atoms with E-state index in [9.17, 15) is 4.79 Å². The van der Waals surface area contributed by atoms with Crippen molar-refractivity contribution in [3.63, 3.8) is 0 Å². The first-order chi connectivity index (χ1) is 17.7. The van der Waals surface area contributed by atoms with Gasteiger partial charge in [-0.3, -0.25) is 14.1 Å². The average Bonchev–Trinajstić information content (AvgIpc) is 3.66. The molecule has 0 atom stereocenters. The Labute approximate surface area is 209 Å². The zero-order valence-corrected chi connectivity index (χ0v) is 20.6. The maximum atomic E-state index is 13.7. The van der Waals surface area contributed by atoms with Crippen molar-refractivity contribution in [3.05, 3.63) is 89.0 Å². The third-order valence-electron chi connectivity index (χ3n) is 6.40. The molecule has 5 aromatic rings. The van der Waals surface area contributed by atoms with Crippen molar-refractivity contribution in [2.45, 2.75) is 52.6 Å². The Kier molecular flexibility index (Phi) is 6.88. The van der Waals surface area contributed by atoms with Crippen molar-refractivity contribution >= 4 is 0 Å². The largest absolute Gasteiger partial charge is 0.334 e. The van der Waals surface area contributed by atoms with E-state index in [1.165, 1.54) is 0 Å². The van der Waals surface area contributed by atoms with Gasteiger partial charge >= 0.3 is 5.69 Å². The van der Waals surface area contributed by atoms with E-state index in [0.29, 0.717) is 12.4 Å². The van der Waals surface area contributed by atoms with Gasteiger partial charge in [0.1, 0.15) is 5.82 Å². The van der Waals surface area contributed by atoms with Crippen molar-refractivity contribution in [1.29, 1.82) is 0 Å². The van der Waals surface area contributed by atoms with Gasteiger partial charge < -0.3 is 4.57 Å². The monoisotopic (exact) mass is 482 g/mol. The molecule has 9 nitrogen and oxygen atoms in total. The molecule has 0 saturated heterocycles. The number of unbranched alkanes of at least 4 members (excludes halogenated alkanes) is 1. The number of H-pyrrole nitrogens is 1. The number of aromatic nitrogens is 8. The van der Waals surface area contributed by atoms with Crippen LogP contribution in [0.25, 0.3) is 28.3 Å². The highest BCUT2D eigenvalue weighted by Gasteiger charge is 2.17. The van der Waals surface area contributed by atoms with Crippen LogP contribution < -0.4 is 5.69 Å². The highest BCUT2D eigenvalue weighted by atomic mass is 16.1. The molecule has 0 aliphatic heterocycles. The number of benzene rings is 1. The summed E-state index contributed by atoms with van der Waals surface area (Å²) in [5.41, 5.74) is 4.94. The van der Waals surface area contributed by atoms with Crippen LogP contribution in [0.3, 0.4) is 0 Å². The summed E-state index contributed by atoms with van der Waals surface area (Å²) < 4.78 is 5.83. The lowest BCUT2D eigenvalue weighted by molar-refractivity contribution is 0.614. The van der Waals surface area contributed by atoms with Crippen LogP contribution in [-0.2, 0) is 19.5 Å². The Morgan fingerprint density at radius 1 is 1.00 bits per heavy atom. The smallest absolute Gasteiger partial charge is 0.334 e. The van der Waals surface area contributed by atoms with E-state index in [0.717, 1.165) is 66.0 Å². The molecule has 9 heteroatoms. The molecule has 0 spiro atoms. The van der Waals surface area contributed by atoms with E-state index >= 15 is 0 Å². The second kappa shape index (κ2) is 10.6. The van der Waals surface area contributed by atoms with Gasteiger partial charge in [0.2, 0.25) is 5.82 Å². The molecule has 1 aromatic carbocycles. The topological polar surface area (TPSA) is 99.2 Å². The zero-order valence-electron chi connectivity index (χ0n) is 20.6. The Hall–Kier alpha value is -4.27. The number of nitrogens with zero attached hydrogens (tertiary/aromatic N) is 7. The minimum atomic E-state index is -0.0304. The number of tetrazole rings is 1. The van der Waals surface area contributed by atoms with E-state index in [1.54, 1.807) is 10.8 Å². The molecular formula is C27H30N8O. The molecule has 0 unspecified atom stereocenters. The molecule has 0 bridgehead atoms. The SMILES string of the molecule is CCCCn1cccc1-n1cc(CCC)n(Cc2cnccc2-c2ccc(-c3nn[nH]n3)cc2)c1=O. The highest BCUT2D eigenvalue weighted by Crippen LogP contribution is 2.26. The summed E-state index contributed by atoms with van der Waals surface area (Å²) in [5.74, 6) is 1.46. The molecule has 36 heavy (non-hydrogen) atoms. The van der Waals surface area contributed by atoms with Crippen LogP contribution in [0.5, 0.6) is 0 Å². The van der Waals surface area contributed by atoms with Gasteiger partial charge in [0.25, 0.3) is 0 Å². The van der Waals surface area contributed by atoms with Gasteiger partial charge in [-0.15, -0.1) is 10.2 Å². The molecule has 0 fully saturated rings. The maximum absolute atomic E-state index is 13.7. The van der Waals surface area contributed by atoms with Crippen molar-refractivity contribution in [2.24, 2.45) is 0 Å². The molecular weight excluding hydrogens is 452 g/mol. The highest BCUT2D eigenvalue weighted by molar-refractivity contribution is 5.69. The van der Waals surface area contributed by atoms with Gasteiger partial charge in [-0.1, -0.05) is 51.0 Å². The van der Waals surface area contributed by atoms with Crippen molar-refractivity contribution in [1.82, 2.24) is 39.3 Å². The summed E-state index contributed by atoms with van der Waals surface area (Å²) in [6.45, 7) is 5.66. The summed E-state index contributed by atoms with van der Waals surface area (Å²) in [4.78, 5) is 18.1. The van der Waals surface area contributed by atoms with Crippen LogP contribution in [0, 0.1) is 0 Å². The number of aryl methyl sites for hydroxylation is 2. The van der Waals surface area contributed by atoms with Crippen molar-refractivity contribution in [2.75, 3.05) is 0 Å². The molecule has 4 aromatic heterocycles. The first kappa shape index (κ1) is 23.5. The molecule has 0 aliphatic carbocycles. The Morgan fingerprint density at radius 2 is 1.83 bits per heavy atom. The Morgan fingerprint density at radius 3 is 2.58 bits per heavy atom. The fourth-order valence-corrected chi connectivity index (χ4v) is 4.55. The van der Waals surface area contributed by atoms with E-state index in [1.807, 2.05) is 65.6 Å². The van der Waals surface area contributed by atoms with Crippen LogP contribution in [0.1, 0.15) is 44.4 Å². The van der Waals surface area contributed by atoms with Crippen molar-refractivity contribution < 1.29 is 0 Å².